The molecule has 0 saturated heterocycles. The number of carboxylic acid groups (broad SMARTS) is 1. The predicted octanol–water partition coefficient (Wildman–Crippen LogP) is 4.00. The normalized spacial score (nSPS) is 10.2. The molecule has 1 heterocycles. The van der Waals surface area contributed by atoms with Gasteiger partial charge >= 0.3 is 5.97 Å². The number of hydrogen-bond donors (Lipinski definition) is 1. The van der Waals surface area contributed by atoms with Crippen molar-refractivity contribution in [2.24, 2.45) is 0 Å². The Labute approximate surface area is 123 Å². The largest absolute Gasteiger partial charge is 0.478 e. The first-order chi connectivity index (χ1) is 8.06. The molecule has 0 fully saturated rings. The van der Waals surface area contributed by atoms with Crippen molar-refractivity contribution >= 4 is 55.8 Å². The number of benzene rings is 1. The number of nitrogens with zero attached hydrogens (tertiary/aromatic N) is 1. The lowest BCUT2D eigenvalue weighted by molar-refractivity contribution is 0.0696. The molecule has 1 N–H and O–H groups in total. The minimum atomic E-state index is -0.980. The first-order valence-electron chi connectivity index (χ1n) is 4.38. The van der Waals surface area contributed by atoms with Crippen molar-refractivity contribution in [3.05, 3.63) is 37.3 Å². The Morgan fingerprint density at radius 3 is 2.88 bits per heavy atom. The Morgan fingerprint density at radius 2 is 2.29 bits per heavy atom. The number of halogens is 2. The van der Waals surface area contributed by atoms with Crippen molar-refractivity contribution in [1.29, 1.82) is 0 Å². The van der Waals surface area contributed by atoms with Crippen molar-refractivity contribution in [2.75, 3.05) is 0 Å². The van der Waals surface area contributed by atoms with E-state index in [-0.39, 0.29) is 5.56 Å². The summed E-state index contributed by atoms with van der Waals surface area (Å²) in [5, 5.41) is 11.2. The molecule has 4 nitrogen and oxygen atoms in total. The maximum Gasteiger partial charge on any atom is 0.335 e. The molecule has 2 rings (SSSR count). The van der Waals surface area contributed by atoms with Crippen LogP contribution in [0, 0.1) is 3.57 Å². The molecule has 0 atom stereocenters. The molecule has 0 aliphatic carbocycles. The quantitative estimate of drug-likeness (QED) is 0.755. The Bertz CT molecular complexity index is 572. The number of hydrogen-bond acceptors (Lipinski definition) is 4. The Morgan fingerprint density at radius 1 is 1.53 bits per heavy atom. The lowest BCUT2D eigenvalue weighted by Gasteiger charge is -2.05. The molecule has 88 valence electrons. The highest BCUT2D eigenvalue weighted by Gasteiger charge is 2.10. The maximum atomic E-state index is 10.8. The standard InChI is InChI=1S/C10H5BrINO3S/c11-8-4-17-10(13-8)16-7-3-5(9(14)15)1-2-6(7)12/h1-4H,(H,14,15). The van der Waals surface area contributed by atoms with Crippen LogP contribution in [-0.2, 0) is 0 Å². The fourth-order valence-corrected chi connectivity index (χ4v) is 2.64. The molecule has 0 saturated carbocycles. The summed E-state index contributed by atoms with van der Waals surface area (Å²) >= 11 is 6.64. The van der Waals surface area contributed by atoms with Crippen molar-refractivity contribution < 1.29 is 14.6 Å². The number of thiazole rings is 1. The predicted molar refractivity (Wildman–Crippen MR) is 76.0 cm³/mol. The van der Waals surface area contributed by atoms with Crippen molar-refractivity contribution in [2.45, 2.75) is 0 Å². The van der Waals surface area contributed by atoms with E-state index in [0.717, 1.165) is 3.57 Å². The second-order valence-electron chi connectivity index (χ2n) is 2.99. The highest BCUT2D eigenvalue weighted by atomic mass is 127. The first kappa shape index (κ1) is 12.8. The lowest BCUT2D eigenvalue weighted by Crippen LogP contribution is -1.97. The molecule has 0 radical (unpaired) electrons. The summed E-state index contributed by atoms with van der Waals surface area (Å²) in [6, 6.07) is 4.72. The van der Waals surface area contributed by atoms with Crippen LogP contribution in [0.3, 0.4) is 0 Å². The molecule has 0 aliphatic heterocycles. The van der Waals surface area contributed by atoms with Gasteiger partial charge in [0.1, 0.15) is 10.4 Å². The highest BCUT2D eigenvalue weighted by Crippen LogP contribution is 2.31. The molecule has 0 unspecified atom stereocenters. The van der Waals surface area contributed by atoms with Crippen LogP contribution < -0.4 is 4.74 Å². The number of rotatable bonds is 3. The van der Waals surface area contributed by atoms with Gasteiger partial charge in [-0.05, 0) is 56.7 Å². The Balaban J connectivity index is 2.31. The molecule has 1 aromatic carbocycles. The number of carbonyl (C=O) groups is 1. The number of aromatic nitrogens is 1. The molecule has 7 heteroatoms. The zero-order valence-corrected chi connectivity index (χ0v) is 12.7. The van der Waals surface area contributed by atoms with E-state index >= 15 is 0 Å². The zero-order chi connectivity index (χ0) is 12.4. The lowest BCUT2D eigenvalue weighted by atomic mass is 10.2. The average Bonchev–Trinajstić information content (AvgIpc) is 2.67. The number of ether oxygens (including phenoxy) is 1. The van der Waals surface area contributed by atoms with E-state index in [0.29, 0.717) is 15.5 Å². The summed E-state index contributed by atoms with van der Waals surface area (Å²) < 4.78 is 7.06. The van der Waals surface area contributed by atoms with Crippen LogP contribution in [0.1, 0.15) is 10.4 Å². The molecular weight excluding hydrogens is 421 g/mol. The summed E-state index contributed by atoms with van der Waals surface area (Å²) in [6.07, 6.45) is 0. The van der Waals surface area contributed by atoms with Gasteiger partial charge in [-0.15, -0.1) is 0 Å². The molecule has 0 aliphatic rings. The fourth-order valence-electron chi connectivity index (χ4n) is 1.09. The molecule has 0 bridgehead atoms. The van der Waals surface area contributed by atoms with Gasteiger partial charge in [-0.2, -0.15) is 4.98 Å². The van der Waals surface area contributed by atoms with E-state index in [1.807, 2.05) is 0 Å². The second-order valence-corrected chi connectivity index (χ2v) is 5.78. The SMILES string of the molecule is O=C(O)c1ccc(I)c(Oc2nc(Br)cs2)c1. The fraction of sp³-hybridized carbons (Fsp3) is 0. The van der Waals surface area contributed by atoms with Crippen LogP contribution >= 0.6 is 49.9 Å². The zero-order valence-electron chi connectivity index (χ0n) is 8.18. The third kappa shape index (κ3) is 3.17. The molecule has 2 aromatic rings. The van der Waals surface area contributed by atoms with Crippen LogP contribution in [0.4, 0.5) is 0 Å². The van der Waals surface area contributed by atoms with Gasteiger partial charge < -0.3 is 9.84 Å². The van der Waals surface area contributed by atoms with E-state index in [9.17, 15) is 4.79 Å². The summed E-state index contributed by atoms with van der Waals surface area (Å²) in [6.45, 7) is 0. The minimum absolute atomic E-state index is 0.191. The van der Waals surface area contributed by atoms with Crippen LogP contribution in [0.2, 0.25) is 0 Å². The monoisotopic (exact) mass is 425 g/mol. The third-order valence-electron chi connectivity index (χ3n) is 1.83. The van der Waals surface area contributed by atoms with Gasteiger partial charge in [0.25, 0.3) is 5.19 Å². The molecule has 0 spiro atoms. The summed E-state index contributed by atoms with van der Waals surface area (Å²) in [4.78, 5) is 14.9. The van der Waals surface area contributed by atoms with E-state index in [4.69, 9.17) is 9.84 Å². The molecule has 0 amide bonds. The van der Waals surface area contributed by atoms with Gasteiger partial charge in [0, 0.05) is 5.38 Å². The van der Waals surface area contributed by atoms with E-state index in [1.54, 1.807) is 11.4 Å². The number of carboxylic acids is 1. The van der Waals surface area contributed by atoms with Crippen molar-refractivity contribution in [3.63, 3.8) is 0 Å². The van der Waals surface area contributed by atoms with Gasteiger partial charge in [-0.3, -0.25) is 0 Å². The van der Waals surface area contributed by atoms with Gasteiger partial charge in [0.05, 0.1) is 9.13 Å². The molecule has 1 aromatic heterocycles. The van der Waals surface area contributed by atoms with E-state index < -0.39 is 5.97 Å². The highest BCUT2D eigenvalue weighted by molar-refractivity contribution is 14.1. The van der Waals surface area contributed by atoms with Gasteiger partial charge in [0.15, 0.2) is 0 Å². The van der Waals surface area contributed by atoms with Gasteiger partial charge in [-0.25, -0.2) is 4.79 Å². The first-order valence-corrected chi connectivity index (χ1v) is 7.13. The van der Waals surface area contributed by atoms with Crippen molar-refractivity contribution in [1.82, 2.24) is 4.98 Å². The average molecular weight is 426 g/mol. The van der Waals surface area contributed by atoms with Gasteiger partial charge in [0.2, 0.25) is 0 Å². The molecule has 17 heavy (non-hydrogen) atoms. The van der Waals surface area contributed by atoms with E-state index in [2.05, 4.69) is 43.5 Å². The smallest absolute Gasteiger partial charge is 0.335 e. The third-order valence-corrected chi connectivity index (χ3v) is 4.15. The van der Waals surface area contributed by atoms with E-state index in [1.165, 1.54) is 23.5 Å². The minimum Gasteiger partial charge on any atom is -0.478 e. The number of aromatic carboxylic acids is 1. The van der Waals surface area contributed by atoms with Crippen molar-refractivity contribution in [3.8, 4) is 10.9 Å². The maximum absolute atomic E-state index is 10.8. The second kappa shape index (κ2) is 5.32. The topological polar surface area (TPSA) is 59.4 Å². The summed E-state index contributed by atoms with van der Waals surface area (Å²) in [5.41, 5.74) is 0.191. The van der Waals surface area contributed by atoms with Crippen LogP contribution in [-0.4, -0.2) is 16.1 Å². The Hall–Kier alpha value is -0.670. The summed E-state index contributed by atoms with van der Waals surface area (Å²) in [5.74, 6) is -0.487. The van der Waals surface area contributed by atoms with Crippen LogP contribution in [0.25, 0.3) is 0 Å². The van der Waals surface area contributed by atoms with Gasteiger partial charge in [-0.1, -0.05) is 11.3 Å². The summed E-state index contributed by atoms with van der Waals surface area (Å²) in [7, 11) is 0. The van der Waals surface area contributed by atoms with Crippen LogP contribution in [0.5, 0.6) is 10.9 Å². The molecular formula is C10H5BrINO3S. The Kier molecular flexibility index (Phi) is 4.00. The van der Waals surface area contributed by atoms with Crippen LogP contribution in [0.15, 0.2) is 28.2 Å².